The lowest BCUT2D eigenvalue weighted by molar-refractivity contribution is -0.0931. The number of hydrogen-bond donors (Lipinski definition) is 1. The van der Waals surface area contributed by atoms with E-state index in [4.69, 9.17) is 0 Å². The summed E-state index contributed by atoms with van der Waals surface area (Å²) in [5.41, 5.74) is 0. The third-order valence-corrected chi connectivity index (χ3v) is 5.81. The van der Waals surface area contributed by atoms with Crippen LogP contribution in [0.2, 0.25) is 0 Å². The van der Waals surface area contributed by atoms with Crippen molar-refractivity contribution in [2.45, 2.75) is 97.4 Å². The van der Waals surface area contributed by atoms with Gasteiger partial charge in [-0.2, -0.15) is 8.42 Å². The molecule has 1 rings (SSSR count). The summed E-state index contributed by atoms with van der Waals surface area (Å²) in [6.45, 7) is 6.52. The molecule has 0 saturated carbocycles. The van der Waals surface area contributed by atoms with Crippen LogP contribution < -0.4 is 0 Å². The molecule has 6 heteroatoms. The molecule has 23 heavy (non-hydrogen) atoms. The van der Waals surface area contributed by atoms with Gasteiger partial charge in [0.2, 0.25) is 0 Å². The van der Waals surface area contributed by atoms with Gasteiger partial charge in [-0.1, -0.05) is 52.9 Å². The second-order valence-electron chi connectivity index (χ2n) is 6.77. The Balaban J connectivity index is 2.18. The quantitative estimate of drug-likeness (QED) is 0.540. The van der Waals surface area contributed by atoms with E-state index < -0.39 is 16.7 Å². The maximum Gasteiger partial charge on any atom is 0.404 e. The minimum atomic E-state index is -3.69. The Morgan fingerprint density at radius 3 is 1.96 bits per heavy atom. The van der Waals surface area contributed by atoms with Gasteiger partial charge in [-0.25, -0.2) is 8.37 Å². The van der Waals surface area contributed by atoms with Crippen molar-refractivity contribution in [3.8, 4) is 0 Å². The highest BCUT2D eigenvalue weighted by Gasteiger charge is 2.37. The Morgan fingerprint density at radius 2 is 1.48 bits per heavy atom. The number of aliphatic hydroxyl groups excluding tert-OH is 1. The van der Waals surface area contributed by atoms with E-state index in [1.807, 2.05) is 0 Å². The molecule has 1 aliphatic heterocycles. The lowest BCUT2D eigenvalue weighted by Gasteiger charge is -2.28. The first-order chi connectivity index (χ1) is 10.9. The van der Waals surface area contributed by atoms with Crippen molar-refractivity contribution in [1.82, 2.24) is 0 Å². The molecule has 1 saturated heterocycles. The van der Waals surface area contributed by atoms with Crippen molar-refractivity contribution in [2.24, 2.45) is 11.8 Å². The van der Waals surface area contributed by atoms with Gasteiger partial charge in [0, 0.05) is 6.42 Å². The fraction of sp³-hybridized carbons (Fsp3) is 1.00. The van der Waals surface area contributed by atoms with Crippen molar-refractivity contribution in [3.63, 3.8) is 0 Å². The maximum atomic E-state index is 10.8. The second-order valence-corrected chi connectivity index (χ2v) is 7.97. The molecule has 5 nitrogen and oxygen atoms in total. The van der Waals surface area contributed by atoms with Crippen molar-refractivity contribution >= 4 is 10.4 Å². The molecule has 0 radical (unpaired) electrons. The Hall–Kier alpha value is -0.170. The highest BCUT2D eigenvalue weighted by molar-refractivity contribution is 7.82. The zero-order valence-electron chi connectivity index (χ0n) is 14.9. The SMILES string of the molecule is CCCCC(CC)CCC(O)CCC(CC)CC1OS(=O)(=O)O1. The van der Waals surface area contributed by atoms with Crippen LogP contribution >= 0.6 is 0 Å². The fourth-order valence-corrected chi connectivity index (χ4v) is 3.85. The molecule has 0 aromatic carbocycles. The van der Waals surface area contributed by atoms with Gasteiger partial charge >= 0.3 is 10.4 Å². The highest BCUT2D eigenvalue weighted by Crippen LogP contribution is 2.29. The van der Waals surface area contributed by atoms with E-state index >= 15 is 0 Å². The van der Waals surface area contributed by atoms with Crippen LogP contribution in [0.4, 0.5) is 0 Å². The summed E-state index contributed by atoms with van der Waals surface area (Å²) in [6, 6.07) is 0. The van der Waals surface area contributed by atoms with Crippen LogP contribution in [0.15, 0.2) is 0 Å². The van der Waals surface area contributed by atoms with Gasteiger partial charge in [0.1, 0.15) is 0 Å². The van der Waals surface area contributed by atoms with Gasteiger partial charge in [0.15, 0.2) is 6.29 Å². The molecule has 0 aromatic heterocycles. The summed E-state index contributed by atoms with van der Waals surface area (Å²) in [7, 11) is -3.69. The topological polar surface area (TPSA) is 72.8 Å². The largest absolute Gasteiger partial charge is 0.404 e. The second kappa shape index (κ2) is 10.6. The number of hydrogen-bond acceptors (Lipinski definition) is 5. The summed E-state index contributed by atoms with van der Waals surface area (Å²) in [4.78, 5) is 0. The van der Waals surface area contributed by atoms with Crippen LogP contribution in [0.1, 0.15) is 85.0 Å². The number of unbranched alkanes of at least 4 members (excludes halogenated alkanes) is 1. The molecule has 3 atom stereocenters. The molecule has 1 aliphatic rings. The lowest BCUT2D eigenvalue weighted by Crippen LogP contribution is -2.37. The summed E-state index contributed by atoms with van der Waals surface area (Å²) in [6.07, 6.45) is 9.21. The van der Waals surface area contributed by atoms with Crippen LogP contribution in [0.25, 0.3) is 0 Å². The van der Waals surface area contributed by atoms with Crippen LogP contribution in [0.5, 0.6) is 0 Å². The van der Waals surface area contributed by atoms with Crippen molar-refractivity contribution in [2.75, 3.05) is 0 Å². The molecule has 1 heterocycles. The van der Waals surface area contributed by atoms with E-state index in [0.717, 1.165) is 38.0 Å². The average molecular weight is 351 g/mol. The minimum Gasteiger partial charge on any atom is -0.393 e. The standard InChI is InChI=1S/C17H34O5S/c1-4-7-8-14(5-2)9-11-16(18)12-10-15(6-3)13-17-21-23(19,20)22-17/h14-18H,4-13H2,1-3H3. The van der Waals surface area contributed by atoms with E-state index in [1.54, 1.807) is 0 Å². The van der Waals surface area contributed by atoms with E-state index in [9.17, 15) is 13.5 Å². The molecule has 1 N–H and O–H groups in total. The molecule has 1 fully saturated rings. The average Bonchev–Trinajstić information content (AvgIpc) is 2.49. The summed E-state index contributed by atoms with van der Waals surface area (Å²) in [5.74, 6) is 1.06. The molecular formula is C17H34O5S. The van der Waals surface area contributed by atoms with Gasteiger partial charge < -0.3 is 5.11 Å². The highest BCUT2D eigenvalue weighted by atomic mass is 32.3. The van der Waals surface area contributed by atoms with Gasteiger partial charge in [-0.3, -0.25) is 0 Å². The first-order valence-electron chi connectivity index (χ1n) is 9.19. The lowest BCUT2D eigenvalue weighted by atomic mass is 9.90. The molecule has 3 unspecified atom stereocenters. The molecule has 0 amide bonds. The Morgan fingerprint density at radius 1 is 0.913 bits per heavy atom. The molecule has 138 valence electrons. The van der Waals surface area contributed by atoms with Crippen molar-refractivity contribution in [3.05, 3.63) is 0 Å². The van der Waals surface area contributed by atoms with Crippen molar-refractivity contribution < 1.29 is 21.9 Å². The third-order valence-electron chi connectivity index (χ3n) is 4.91. The molecule has 0 aromatic rings. The molecular weight excluding hydrogens is 316 g/mol. The Labute approximate surface area is 142 Å². The molecule has 0 aliphatic carbocycles. The minimum absolute atomic E-state index is 0.258. The number of aliphatic hydroxyl groups is 1. The van der Waals surface area contributed by atoms with E-state index in [0.29, 0.717) is 12.3 Å². The van der Waals surface area contributed by atoms with Gasteiger partial charge in [0.05, 0.1) is 6.10 Å². The van der Waals surface area contributed by atoms with Crippen LogP contribution in [-0.2, 0) is 18.8 Å². The van der Waals surface area contributed by atoms with E-state index in [1.165, 1.54) is 25.7 Å². The first-order valence-corrected chi connectivity index (χ1v) is 10.5. The normalized spacial score (nSPS) is 21.6. The Bertz CT molecular complexity index is 397. The maximum absolute atomic E-state index is 10.8. The number of rotatable bonds is 13. The van der Waals surface area contributed by atoms with E-state index in [2.05, 4.69) is 29.1 Å². The first kappa shape index (κ1) is 20.9. The molecule has 0 spiro atoms. The zero-order valence-corrected chi connectivity index (χ0v) is 15.7. The predicted octanol–water partition coefficient (Wildman–Crippen LogP) is 4.16. The smallest absolute Gasteiger partial charge is 0.393 e. The fourth-order valence-electron chi connectivity index (χ4n) is 3.16. The summed E-state index contributed by atoms with van der Waals surface area (Å²) in [5, 5.41) is 10.2. The van der Waals surface area contributed by atoms with Gasteiger partial charge in [-0.05, 0) is 37.5 Å². The van der Waals surface area contributed by atoms with Gasteiger partial charge in [-0.15, -0.1) is 0 Å². The predicted molar refractivity (Wildman–Crippen MR) is 91.1 cm³/mol. The van der Waals surface area contributed by atoms with Crippen LogP contribution in [0.3, 0.4) is 0 Å². The van der Waals surface area contributed by atoms with Crippen LogP contribution in [0, 0.1) is 11.8 Å². The van der Waals surface area contributed by atoms with Crippen molar-refractivity contribution in [1.29, 1.82) is 0 Å². The summed E-state index contributed by atoms with van der Waals surface area (Å²) >= 11 is 0. The monoisotopic (exact) mass is 350 g/mol. The molecule has 0 bridgehead atoms. The Kier molecular flexibility index (Phi) is 9.66. The zero-order chi connectivity index (χ0) is 17.3. The van der Waals surface area contributed by atoms with Gasteiger partial charge in [0.25, 0.3) is 0 Å². The third kappa shape index (κ3) is 8.47. The summed E-state index contributed by atoms with van der Waals surface area (Å²) < 4.78 is 31.0. The van der Waals surface area contributed by atoms with Crippen LogP contribution in [-0.4, -0.2) is 25.9 Å². The van der Waals surface area contributed by atoms with E-state index in [-0.39, 0.29) is 6.10 Å².